The van der Waals surface area contributed by atoms with Crippen molar-refractivity contribution >= 4 is 27.7 Å². The van der Waals surface area contributed by atoms with Gasteiger partial charge in [-0.05, 0) is 65.4 Å². The average Bonchev–Trinajstić information content (AvgIpc) is 2.76. The summed E-state index contributed by atoms with van der Waals surface area (Å²) in [5.74, 6) is 0.292. The minimum atomic E-state index is -0.518. The molecule has 0 unspecified atom stereocenters. The van der Waals surface area contributed by atoms with Crippen LogP contribution in [0.5, 0.6) is 5.75 Å². The lowest BCUT2D eigenvalue weighted by molar-refractivity contribution is -0.142. The van der Waals surface area contributed by atoms with E-state index >= 15 is 0 Å². The molecule has 0 aliphatic carbocycles. The van der Waals surface area contributed by atoms with Crippen LogP contribution in [0.4, 0.5) is 0 Å². The van der Waals surface area contributed by atoms with Crippen molar-refractivity contribution in [3.63, 3.8) is 0 Å². The van der Waals surface area contributed by atoms with E-state index in [1.807, 2.05) is 62.4 Å². The van der Waals surface area contributed by atoms with Crippen LogP contribution >= 0.6 is 15.9 Å². The molecule has 2 rings (SSSR count). The molecule has 0 saturated carbocycles. The predicted molar refractivity (Wildman–Crippen MR) is 124 cm³/mol. The number of nitrogens with zero attached hydrogens (tertiary/aromatic N) is 1. The zero-order chi connectivity index (χ0) is 21.9. The van der Waals surface area contributed by atoms with Crippen LogP contribution in [0.1, 0.15) is 38.3 Å². The molecule has 162 valence electrons. The highest BCUT2D eigenvalue weighted by Crippen LogP contribution is 2.26. The van der Waals surface area contributed by atoms with Crippen molar-refractivity contribution < 1.29 is 14.3 Å². The number of benzene rings is 2. The third-order valence-corrected chi connectivity index (χ3v) is 5.60. The van der Waals surface area contributed by atoms with Gasteiger partial charge in [0, 0.05) is 13.1 Å². The van der Waals surface area contributed by atoms with Gasteiger partial charge < -0.3 is 15.0 Å². The summed E-state index contributed by atoms with van der Waals surface area (Å²) in [7, 11) is 0. The lowest BCUT2D eigenvalue weighted by Gasteiger charge is -2.30. The number of halogens is 1. The number of likely N-dealkylation sites (N-methyl/N-ethyl adjacent to an activating group) is 1. The molecule has 30 heavy (non-hydrogen) atoms. The molecule has 2 aromatic carbocycles. The zero-order valence-electron chi connectivity index (χ0n) is 18.0. The molecule has 6 heteroatoms. The Balaban J connectivity index is 2.12. The summed E-state index contributed by atoms with van der Waals surface area (Å²) in [6, 6.07) is 15.3. The van der Waals surface area contributed by atoms with Crippen molar-refractivity contribution in [3.8, 4) is 5.75 Å². The third-order valence-electron chi connectivity index (χ3n) is 4.98. The van der Waals surface area contributed by atoms with Gasteiger partial charge in [-0.25, -0.2) is 0 Å². The van der Waals surface area contributed by atoms with Crippen LogP contribution in [-0.2, 0) is 22.4 Å². The van der Waals surface area contributed by atoms with Gasteiger partial charge in [-0.15, -0.1) is 0 Å². The van der Waals surface area contributed by atoms with Crippen molar-refractivity contribution in [3.05, 3.63) is 64.1 Å². The second-order valence-corrected chi connectivity index (χ2v) is 7.90. The molecule has 2 amide bonds. The number of hydrogen-bond acceptors (Lipinski definition) is 3. The SMILES string of the molecule is CCNC(=O)[C@H](CC)N(CCc1ccccc1)C(=O)COc1ccc(CC)cc1Br. The van der Waals surface area contributed by atoms with Crippen molar-refractivity contribution in [1.82, 2.24) is 10.2 Å². The fourth-order valence-electron chi connectivity index (χ4n) is 3.29. The molecule has 0 fully saturated rings. The molecule has 5 nitrogen and oxygen atoms in total. The monoisotopic (exact) mass is 474 g/mol. The van der Waals surface area contributed by atoms with Crippen molar-refractivity contribution in [2.75, 3.05) is 19.7 Å². The van der Waals surface area contributed by atoms with E-state index in [-0.39, 0.29) is 18.4 Å². The van der Waals surface area contributed by atoms with Crippen LogP contribution in [0.25, 0.3) is 0 Å². The van der Waals surface area contributed by atoms with E-state index in [1.54, 1.807) is 4.90 Å². The van der Waals surface area contributed by atoms with Gasteiger partial charge in [0.1, 0.15) is 11.8 Å². The van der Waals surface area contributed by atoms with Crippen LogP contribution < -0.4 is 10.1 Å². The molecular weight excluding hydrogens is 444 g/mol. The van der Waals surface area contributed by atoms with E-state index in [0.29, 0.717) is 31.7 Å². The van der Waals surface area contributed by atoms with Crippen LogP contribution in [0, 0.1) is 0 Å². The molecule has 0 aliphatic rings. The molecule has 0 heterocycles. The fourth-order valence-corrected chi connectivity index (χ4v) is 3.83. The number of ether oxygens (including phenoxy) is 1. The Kier molecular flexibility index (Phi) is 9.87. The Morgan fingerprint density at radius 3 is 2.40 bits per heavy atom. The number of carbonyl (C=O) groups excluding carboxylic acids is 2. The van der Waals surface area contributed by atoms with E-state index in [1.165, 1.54) is 5.56 Å². The van der Waals surface area contributed by atoms with Crippen LogP contribution in [0.2, 0.25) is 0 Å². The Morgan fingerprint density at radius 2 is 1.80 bits per heavy atom. The standard InChI is InChI=1S/C24H31BrN2O3/c1-4-18-12-13-22(20(25)16-18)30-17-23(28)27(21(5-2)24(29)26-6-3)15-14-19-10-8-7-9-11-19/h7-13,16,21H,4-6,14-15,17H2,1-3H3,(H,26,29)/t21-/m0/s1. The van der Waals surface area contributed by atoms with E-state index < -0.39 is 6.04 Å². The van der Waals surface area contributed by atoms with Crippen molar-refractivity contribution in [2.45, 2.75) is 46.1 Å². The highest BCUT2D eigenvalue weighted by molar-refractivity contribution is 9.10. The van der Waals surface area contributed by atoms with Gasteiger partial charge in [0.2, 0.25) is 5.91 Å². The summed E-state index contributed by atoms with van der Waals surface area (Å²) in [4.78, 5) is 27.3. The summed E-state index contributed by atoms with van der Waals surface area (Å²) >= 11 is 3.51. The minimum Gasteiger partial charge on any atom is -0.483 e. The van der Waals surface area contributed by atoms with E-state index in [4.69, 9.17) is 4.74 Å². The van der Waals surface area contributed by atoms with Gasteiger partial charge in [0.05, 0.1) is 4.47 Å². The lowest BCUT2D eigenvalue weighted by Crippen LogP contribution is -2.51. The topological polar surface area (TPSA) is 58.6 Å². The molecule has 0 spiro atoms. The number of hydrogen-bond donors (Lipinski definition) is 1. The average molecular weight is 475 g/mol. The normalized spacial score (nSPS) is 11.6. The van der Waals surface area contributed by atoms with Gasteiger partial charge in [-0.2, -0.15) is 0 Å². The molecule has 2 aromatic rings. The zero-order valence-corrected chi connectivity index (χ0v) is 19.6. The lowest BCUT2D eigenvalue weighted by atomic mass is 10.1. The highest BCUT2D eigenvalue weighted by atomic mass is 79.9. The quantitative estimate of drug-likeness (QED) is 0.525. The first-order valence-corrected chi connectivity index (χ1v) is 11.3. The minimum absolute atomic E-state index is 0.116. The van der Waals surface area contributed by atoms with Gasteiger partial charge in [0.15, 0.2) is 6.61 Å². The second-order valence-electron chi connectivity index (χ2n) is 7.05. The Hall–Kier alpha value is -2.34. The van der Waals surface area contributed by atoms with E-state index in [9.17, 15) is 9.59 Å². The summed E-state index contributed by atoms with van der Waals surface area (Å²) < 4.78 is 6.62. The van der Waals surface area contributed by atoms with Crippen LogP contribution in [-0.4, -0.2) is 42.5 Å². The van der Waals surface area contributed by atoms with E-state index in [0.717, 1.165) is 16.5 Å². The maximum atomic E-state index is 13.1. The first kappa shape index (κ1) is 23.9. The Bertz CT molecular complexity index is 826. The summed E-state index contributed by atoms with van der Waals surface area (Å²) in [5, 5.41) is 2.84. The molecule has 0 radical (unpaired) electrons. The fraction of sp³-hybridized carbons (Fsp3) is 0.417. The Morgan fingerprint density at radius 1 is 1.07 bits per heavy atom. The first-order chi connectivity index (χ1) is 14.5. The largest absolute Gasteiger partial charge is 0.483 e. The first-order valence-electron chi connectivity index (χ1n) is 10.5. The number of amides is 2. The molecular formula is C24H31BrN2O3. The maximum absolute atomic E-state index is 13.1. The van der Waals surface area contributed by atoms with E-state index in [2.05, 4.69) is 28.2 Å². The second kappa shape index (κ2) is 12.4. The molecule has 0 aromatic heterocycles. The number of aryl methyl sites for hydroxylation is 1. The predicted octanol–water partition coefficient (Wildman–Crippen LogP) is 4.38. The molecule has 1 atom stereocenters. The summed E-state index contributed by atoms with van der Waals surface area (Å²) in [6.45, 7) is 6.75. The highest BCUT2D eigenvalue weighted by Gasteiger charge is 2.28. The summed E-state index contributed by atoms with van der Waals surface area (Å²) in [5.41, 5.74) is 2.31. The van der Waals surface area contributed by atoms with Gasteiger partial charge in [0.25, 0.3) is 5.91 Å². The van der Waals surface area contributed by atoms with Crippen molar-refractivity contribution in [1.29, 1.82) is 0 Å². The Labute approximate surface area is 187 Å². The molecule has 0 aliphatic heterocycles. The van der Waals surface area contributed by atoms with Crippen LogP contribution in [0.3, 0.4) is 0 Å². The molecule has 1 N–H and O–H groups in total. The molecule has 0 saturated heterocycles. The summed E-state index contributed by atoms with van der Waals surface area (Å²) in [6.07, 6.45) is 2.15. The van der Waals surface area contributed by atoms with Gasteiger partial charge >= 0.3 is 0 Å². The molecule has 0 bridgehead atoms. The smallest absolute Gasteiger partial charge is 0.261 e. The third kappa shape index (κ3) is 6.87. The van der Waals surface area contributed by atoms with Crippen LogP contribution in [0.15, 0.2) is 53.0 Å². The number of nitrogens with one attached hydrogen (secondary N) is 1. The number of rotatable bonds is 11. The van der Waals surface area contributed by atoms with Gasteiger partial charge in [-0.3, -0.25) is 9.59 Å². The maximum Gasteiger partial charge on any atom is 0.261 e. The van der Waals surface area contributed by atoms with Crippen molar-refractivity contribution in [2.24, 2.45) is 0 Å². The van der Waals surface area contributed by atoms with Gasteiger partial charge in [-0.1, -0.05) is 50.2 Å². The number of carbonyl (C=O) groups is 2.